The van der Waals surface area contributed by atoms with Gasteiger partial charge in [-0.05, 0) is 73.2 Å². The van der Waals surface area contributed by atoms with E-state index >= 15 is 0 Å². The van der Waals surface area contributed by atoms with E-state index in [2.05, 4.69) is 9.47 Å². The summed E-state index contributed by atoms with van der Waals surface area (Å²) in [6.45, 7) is 1.07. The van der Waals surface area contributed by atoms with Gasteiger partial charge in [0.2, 0.25) is 0 Å². The van der Waals surface area contributed by atoms with E-state index in [1.165, 1.54) is 0 Å². The molecule has 3 radical (unpaired) electrons. The van der Waals surface area contributed by atoms with E-state index in [0.29, 0.717) is 33.1 Å². The number of hydrogen-bond acceptors (Lipinski definition) is 4. The summed E-state index contributed by atoms with van der Waals surface area (Å²) in [7, 11) is 0. The number of rotatable bonds is 7. The molecule has 7 unspecified atom stereocenters. The van der Waals surface area contributed by atoms with Crippen molar-refractivity contribution in [1.29, 1.82) is 0 Å². The Morgan fingerprint density at radius 2 is 1.06 bits per heavy atom. The molecule has 0 aromatic rings. The van der Waals surface area contributed by atoms with E-state index in [1.54, 1.807) is 6.08 Å². The molecule has 3 saturated carbocycles. The molecule has 285 valence electrons. The zero-order chi connectivity index (χ0) is 35.5. The molecular formula is C28H37BCl3F12O4Si. The highest BCUT2D eigenvalue weighted by Gasteiger charge is 2.76. The molecule has 7 atom stereocenters. The summed E-state index contributed by atoms with van der Waals surface area (Å²) < 4.78 is 167. The zero-order valence-electron chi connectivity index (χ0n) is 24.5. The van der Waals surface area contributed by atoms with Gasteiger partial charge in [-0.3, -0.25) is 9.59 Å². The summed E-state index contributed by atoms with van der Waals surface area (Å²) in [5, 5.41) is 0. The number of fused-ring (bicyclic) bond motifs is 4. The van der Waals surface area contributed by atoms with Gasteiger partial charge in [0, 0.05) is 35.1 Å². The Balaban J connectivity index is 0.000000897. The van der Waals surface area contributed by atoms with Crippen molar-refractivity contribution in [2.45, 2.75) is 115 Å². The Hall–Kier alpha value is -1.01. The summed E-state index contributed by atoms with van der Waals surface area (Å²) in [5.41, 5.74) is -9.45. The monoisotopic (exact) mass is 809 g/mol. The second kappa shape index (κ2) is 15.9. The first-order valence-corrected chi connectivity index (χ1v) is 19.1. The first-order chi connectivity index (χ1) is 20.5. The lowest BCUT2D eigenvalue weighted by atomic mass is 9.79. The molecule has 0 aromatic heterocycles. The standard InChI is InChI=1S/C13H15Cl3F6O2Si.C13H14F6O2.2CH4.B/c1-6(23)24-11(12(17,18)19,13(20,21)22)5-8-2-7-3-9(8)10(4-7)25(14,15)16;1-7(20)21-11(12(14,15)16,13(17,18)19)6-10-5-8-2-3-9(10)4-8;;;/h7-10H,2-5H2,1H3;2-3,8-10H,4-6H2,1H3;2*1H4;. The minimum absolute atomic E-state index is 0. The molecule has 4 aliphatic carbocycles. The lowest BCUT2D eigenvalue weighted by Gasteiger charge is -2.41. The largest absolute Gasteiger partial charge is 0.440 e. The second-order valence-electron chi connectivity index (χ2n) is 12.4. The Morgan fingerprint density at radius 3 is 1.35 bits per heavy atom. The minimum atomic E-state index is -5.80. The molecule has 4 nitrogen and oxygen atoms in total. The van der Waals surface area contributed by atoms with Crippen molar-refractivity contribution >= 4 is 59.6 Å². The normalized spacial score (nSPS) is 28.1. The predicted molar refractivity (Wildman–Crippen MR) is 162 cm³/mol. The van der Waals surface area contributed by atoms with Gasteiger partial charge >= 0.3 is 53.8 Å². The van der Waals surface area contributed by atoms with Crippen molar-refractivity contribution < 1.29 is 71.7 Å². The van der Waals surface area contributed by atoms with E-state index in [1.807, 2.05) is 6.08 Å². The van der Waals surface area contributed by atoms with Crippen molar-refractivity contribution in [3.63, 3.8) is 0 Å². The average molecular weight is 811 g/mol. The van der Waals surface area contributed by atoms with E-state index in [0.717, 1.165) is 0 Å². The summed E-state index contributed by atoms with van der Waals surface area (Å²) in [4.78, 5) is 21.9. The van der Waals surface area contributed by atoms with Gasteiger partial charge < -0.3 is 9.47 Å². The molecule has 4 aliphatic rings. The highest BCUT2D eigenvalue weighted by atomic mass is 35.8. The molecule has 0 amide bonds. The van der Waals surface area contributed by atoms with Crippen molar-refractivity contribution in [2.24, 2.45) is 35.5 Å². The number of halogens is 15. The van der Waals surface area contributed by atoms with Crippen LogP contribution in [-0.4, -0.2) is 62.3 Å². The van der Waals surface area contributed by atoms with Crippen LogP contribution in [0.15, 0.2) is 12.2 Å². The van der Waals surface area contributed by atoms with Gasteiger partial charge in [-0.1, -0.05) is 27.0 Å². The average Bonchev–Trinajstić information content (AvgIpc) is 3.61. The number of carbonyl (C=O) groups is 2. The van der Waals surface area contributed by atoms with Gasteiger partial charge in [0.15, 0.2) is 0 Å². The summed E-state index contributed by atoms with van der Waals surface area (Å²) in [6.07, 6.45) is -20.3. The van der Waals surface area contributed by atoms with E-state index < -0.39 is 90.0 Å². The molecule has 0 aliphatic heterocycles. The van der Waals surface area contributed by atoms with Crippen molar-refractivity contribution in [1.82, 2.24) is 0 Å². The number of esters is 2. The lowest BCUT2D eigenvalue weighted by Crippen LogP contribution is -2.60. The third kappa shape index (κ3) is 9.91. The number of allylic oxidation sites excluding steroid dienone is 2. The first-order valence-electron chi connectivity index (χ1n) is 14.0. The van der Waals surface area contributed by atoms with Crippen LogP contribution in [0.1, 0.15) is 73.6 Å². The molecule has 0 aromatic carbocycles. The van der Waals surface area contributed by atoms with Crippen molar-refractivity contribution in [2.75, 3.05) is 0 Å². The number of ether oxygens (including phenoxy) is 2. The van der Waals surface area contributed by atoms with Crippen LogP contribution >= 0.6 is 33.2 Å². The molecular weight excluding hydrogens is 774 g/mol. The molecule has 4 rings (SSSR count). The molecule has 0 saturated heterocycles. The summed E-state index contributed by atoms with van der Waals surface area (Å²) >= 11 is 17.9. The van der Waals surface area contributed by atoms with Crippen LogP contribution < -0.4 is 0 Å². The first kappa shape index (κ1) is 48.0. The molecule has 0 N–H and O–H groups in total. The van der Waals surface area contributed by atoms with Crippen LogP contribution in [0, 0.1) is 35.5 Å². The minimum Gasteiger partial charge on any atom is -0.440 e. The van der Waals surface area contributed by atoms with Crippen LogP contribution in [0.25, 0.3) is 0 Å². The maximum Gasteiger partial charge on any atom is 0.437 e. The fourth-order valence-electron chi connectivity index (χ4n) is 7.56. The number of hydrogen-bond donors (Lipinski definition) is 0. The quantitative estimate of drug-likeness (QED) is 0.0845. The third-order valence-corrected chi connectivity index (χ3v) is 13.4. The maximum atomic E-state index is 13.4. The van der Waals surface area contributed by atoms with E-state index in [4.69, 9.17) is 33.2 Å². The van der Waals surface area contributed by atoms with Crippen molar-refractivity contribution in [3.8, 4) is 0 Å². The van der Waals surface area contributed by atoms with Crippen LogP contribution in [0.2, 0.25) is 5.54 Å². The van der Waals surface area contributed by atoms with Gasteiger partial charge in [0.05, 0.1) is 0 Å². The van der Waals surface area contributed by atoms with E-state index in [-0.39, 0.29) is 53.9 Å². The Bertz CT molecular complexity index is 1150. The van der Waals surface area contributed by atoms with Gasteiger partial charge in [-0.25, -0.2) is 0 Å². The fraction of sp³-hybridized carbons (Fsp3) is 0.857. The Labute approximate surface area is 293 Å². The summed E-state index contributed by atoms with van der Waals surface area (Å²) in [6, 6.07) is -3.27. The van der Waals surface area contributed by atoms with Gasteiger partial charge in [-0.15, -0.1) is 33.2 Å². The SMILES string of the molecule is C.C.CC(=O)OC(CC1CC2C=CC1C2)(C(F)(F)F)C(F)(F)F.CC(=O)OC(CC1CC2CC1C([Si](Cl)(Cl)Cl)C2)(C(F)(F)F)C(F)(F)F.[B]. The lowest BCUT2D eigenvalue weighted by molar-refractivity contribution is -0.374. The highest BCUT2D eigenvalue weighted by molar-refractivity contribution is 7.65. The molecule has 3 fully saturated rings. The Morgan fingerprint density at radius 1 is 0.653 bits per heavy atom. The molecule has 21 heteroatoms. The van der Waals surface area contributed by atoms with Crippen LogP contribution in [0.5, 0.6) is 0 Å². The Kier molecular flexibility index (Phi) is 15.6. The van der Waals surface area contributed by atoms with Crippen LogP contribution in [-0.2, 0) is 19.1 Å². The zero-order valence-corrected chi connectivity index (χ0v) is 27.8. The van der Waals surface area contributed by atoms with Crippen molar-refractivity contribution in [3.05, 3.63) is 12.2 Å². The second-order valence-corrected chi connectivity index (χ2v) is 21.4. The number of carbonyl (C=O) groups excluding carboxylic acids is 2. The molecule has 4 bridgehead atoms. The molecule has 0 heterocycles. The van der Waals surface area contributed by atoms with Crippen LogP contribution in [0.4, 0.5) is 52.7 Å². The van der Waals surface area contributed by atoms with Gasteiger partial charge in [0.25, 0.3) is 0 Å². The fourth-order valence-corrected chi connectivity index (χ4v) is 11.3. The number of alkyl halides is 12. The molecule has 0 spiro atoms. The maximum absolute atomic E-state index is 13.4. The smallest absolute Gasteiger partial charge is 0.437 e. The highest BCUT2D eigenvalue weighted by Crippen LogP contribution is 2.64. The van der Waals surface area contributed by atoms with Gasteiger partial charge in [-0.2, -0.15) is 52.7 Å². The predicted octanol–water partition coefficient (Wildman–Crippen LogP) is 10.8. The van der Waals surface area contributed by atoms with Gasteiger partial charge in [0.1, 0.15) is 0 Å². The summed E-state index contributed by atoms with van der Waals surface area (Å²) in [5.74, 6) is -5.90. The third-order valence-electron chi connectivity index (χ3n) is 9.35. The van der Waals surface area contributed by atoms with E-state index in [9.17, 15) is 62.3 Å². The molecule has 49 heavy (non-hydrogen) atoms. The van der Waals surface area contributed by atoms with Crippen LogP contribution in [0.3, 0.4) is 0 Å². The topological polar surface area (TPSA) is 52.6 Å².